The summed E-state index contributed by atoms with van der Waals surface area (Å²) >= 11 is 5.97. The Morgan fingerprint density at radius 2 is 2.29 bits per heavy atom. The second-order valence-electron chi connectivity index (χ2n) is 4.31. The van der Waals surface area contributed by atoms with Crippen molar-refractivity contribution in [3.63, 3.8) is 0 Å². The molecule has 1 N–H and O–H groups in total. The van der Waals surface area contributed by atoms with Gasteiger partial charge in [0.1, 0.15) is 6.04 Å². The Morgan fingerprint density at radius 3 is 2.88 bits per heavy atom. The number of hydrogen-bond acceptors (Lipinski definition) is 3. The number of nitrogens with one attached hydrogen (secondary N) is 1. The van der Waals surface area contributed by atoms with Crippen LogP contribution in [0.3, 0.4) is 0 Å². The van der Waals surface area contributed by atoms with Crippen LogP contribution >= 0.6 is 11.6 Å². The summed E-state index contributed by atoms with van der Waals surface area (Å²) in [6.07, 6.45) is 1.79. The Kier molecular flexibility index (Phi) is 4.02. The fraction of sp³-hybridized carbons (Fsp3) is 0.462. The lowest BCUT2D eigenvalue weighted by Gasteiger charge is -2.28. The predicted octanol–water partition coefficient (Wildman–Crippen LogP) is 2.35. The summed E-state index contributed by atoms with van der Waals surface area (Å²) < 4.78 is 4.73. The van der Waals surface area contributed by atoms with E-state index in [4.69, 9.17) is 16.3 Å². The van der Waals surface area contributed by atoms with E-state index in [2.05, 4.69) is 11.4 Å². The van der Waals surface area contributed by atoms with Crippen LogP contribution in [0.2, 0.25) is 5.02 Å². The van der Waals surface area contributed by atoms with Gasteiger partial charge in [0.05, 0.1) is 7.11 Å². The Morgan fingerprint density at radius 1 is 1.47 bits per heavy atom. The lowest BCUT2D eigenvalue weighted by atomic mass is 9.89. The molecule has 1 aliphatic rings. The van der Waals surface area contributed by atoms with Gasteiger partial charge in [-0.25, -0.2) is 0 Å². The largest absolute Gasteiger partial charge is 0.468 e. The molecule has 92 valence electrons. The second-order valence-corrected chi connectivity index (χ2v) is 4.75. The number of methoxy groups -OCH3 is 1. The summed E-state index contributed by atoms with van der Waals surface area (Å²) in [5.74, 6) is 0.254. The standard InChI is InChI=1S/C13H16ClNO2/c1-17-13(16)12-6-5-10(8-15-12)9-3-2-4-11(14)7-9/h2-4,7,10,12,15H,5-6,8H2,1H3/t10-,12+/m1/s1. The molecule has 1 aliphatic heterocycles. The number of rotatable bonds is 2. The Hall–Kier alpha value is -1.06. The van der Waals surface area contributed by atoms with E-state index in [1.807, 2.05) is 18.2 Å². The smallest absolute Gasteiger partial charge is 0.322 e. The molecule has 0 amide bonds. The van der Waals surface area contributed by atoms with Crippen LogP contribution in [-0.2, 0) is 9.53 Å². The maximum Gasteiger partial charge on any atom is 0.322 e. The number of carbonyl (C=O) groups is 1. The fourth-order valence-corrected chi connectivity index (χ4v) is 2.44. The molecule has 17 heavy (non-hydrogen) atoms. The van der Waals surface area contributed by atoms with E-state index >= 15 is 0 Å². The van der Waals surface area contributed by atoms with E-state index in [0.29, 0.717) is 5.92 Å². The second kappa shape index (κ2) is 5.52. The molecule has 3 nitrogen and oxygen atoms in total. The van der Waals surface area contributed by atoms with Crippen molar-refractivity contribution in [3.05, 3.63) is 34.9 Å². The Balaban J connectivity index is 1.97. The van der Waals surface area contributed by atoms with Crippen molar-refractivity contribution in [1.29, 1.82) is 0 Å². The average Bonchev–Trinajstić information content (AvgIpc) is 2.38. The highest BCUT2D eigenvalue weighted by atomic mass is 35.5. The van der Waals surface area contributed by atoms with Crippen LogP contribution in [0.1, 0.15) is 24.3 Å². The third-order valence-corrected chi connectivity index (χ3v) is 3.46. The zero-order chi connectivity index (χ0) is 12.3. The van der Waals surface area contributed by atoms with Gasteiger partial charge in [-0.2, -0.15) is 0 Å². The summed E-state index contributed by atoms with van der Waals surface area (Å²) in [5.41, 5.74) is 1.23. The average molecular weight is 254 g/mol. The topological polar surface area (TPSA) is 38.3 Å². The SMILES string of the molecule is COC(=O)[C@@H]1CC[C@@H](c2cccc(Cl)c2)CN1. The Bertz CT molecular complexity index is 400. The molecule has 1 heterocycles. The van der Waals surface area contributed by atoms with Crippen molar-refractivity contribution < 1.29 is 9.53 Å². The molecule has 0 saturated carbocycles. The minimum Gasteiger partial charge on any atom is -0.468 e. The number of esters is 1. The highest BCUT2D eigenvalue weighted by molar-refractivity contribution is 6.30. The monoisotopic (exact) mass is 253 g/mol. The molecule has 0 bridgehead atoms. The van der Waals surface area contributed by atoms with E-state index < -0.39 is 0 Å². The maximum atomic E-state index is 11.4. The van der Waals surface area contributed by atoms with Gasteiger partial charge in [-0.15, -0.1) is 0 Å². The number of benzene rings is 1. The Labute approximate surface area is 106 Å². The van der Waals surface area contributed by atoms with Crippen molar-refractivity contribution in [3.8, 4) is 0 Å². The maximum absolute atomic E-state index is 11.4. The van der Waals surface area contributed by atoms with E-state index in [0.717, 1.165) is 24.4 Å². The van der Waals surface area contributed by atoms with Crippen molar-refractivity contribution in [2.75, 3.05) is 13.7 Å². The fourth-order valence-electron chi connectivity index (χ4n) is 2.24. The molecule has 1 aromatic rings. The number of carbonyl (C=O) groups excluding carboxylic acids is 1. The molecule has 2 atom stereocenters. The van der Waals surface area contributed by atoms with Gasteiger partial charge in [0.2, 0.25) is 0 Å². The molecule has 0 spiro atoms. The number of hydrogen-bond donors (Lipinski definition) is 1. The molecular weight excluding hydrogens is 238 g/mol. The minimum atomic E-state index is -0.172. The first kappa shape index (κ1) is 12.4. The normalized spacial score (nSPS) is 24.4. The molecule has 1 fully saturated rings. The zero-order valence-electron chi connectivity index (χ0n) is 9.78. The zero-order valence-corrected chi connectivity index (χ0v) is 10.5. The minimum absolute atomic E-state index is 0.157. The van der Waals surface area contributed by atoms with Crippen molar-refractivity contribution in [2.24, 2.45) is 0 Å². The van der Waals surface area contributed by atoms with Crippen LogP contribution in [0, 0.1) is 0 Å². The van der Waals surface area contributed by atoms with Gasteiger partial charge in [0.15, 0.2) is 0 Å². The highest BCUT2D eigenvalue weighted by Crippen LogP contribution is 2.27. The van der Waals surface area contributed by atoms with E-state index in [9.17, 15) is 4.79 Å². The predicted molar refractivity (Wildman–Crippen MR) is 67.2 cm³/mol. The van der Waals surface area contributed by atoms with Crippen LogP contribution in [0.15, 0.2) is 24.3 Å². The van der Waals surface area contributed by atoms with Gasteiger partial charge in [-0.3, -0.25) is 4.79 Å². The third-order valence-electron chi connectivity index (χ3n) is 3.22. The summed E-state index contributed by atoms with van der Waals surface area (Å²) in [6, 6.07) is 7.75. The number of halogens is 1. The summed E-state index contributed by atoms with van der Waals surface area (Å²) in [5, 5.41) is 3.98. The summed E-state index contributed by atoms with van der Waals surface area (Å²) in [7, 11) is 1.42. The van der Waals surface area contributed by atoms with Gasteiger partial charge in [-0.05, 0) is 36.5 Å². The van der Waals surface area contributed by atoms with Gasteiger partial charge in [0.25, 0.3) is 0 Å². The molecule has 4 heteroatoms. The van der Waals surface area contributed by atoms with Crippen LogP contribution in [0.4, 0.5) is 0 Å². The van der Waals surface area contributed by atoms with E-state index in [1.165, 1.54) is 12.7 Å². The highest BCUT2D eigenvalue weighted by Gasteiger charge is 2.26. The summed E-state index contributed by atoms with van der Waals surface area (Å²) in [6.45, 7) is 0.792. The van der Waals surface area contributed by atoms with E-state index in [-0.39, 0.29) is 12.0 Å². The molecule has 0 radical (unpaired) electrons. The third kappa shape index (κ3) is 2.99. The summed E-state index contributed by atoms with van der Waals surface area (Å²) in [4.78, 5) is 11.4. The molecule has 0 unspecified atom stereocenters. The number of ether oxygens (including phenoxy) is 1. The first-order chi connectivity index (χ1) is 8.20. The van der Waals surface area contributed by atoms with Gasteiger partial charge >= 0.3 is 5.97 Å². The molecule has 0 aliphatic carbocycles. The molecular formula is C13H16ClNO2. The van der Waals surface area contributed by atoms with E-state index in [1.54, 1.807) is 0 Å². The van der Waals surface area contributed by atoms with Gasteiger partial charge in [-0.1, -0.05) is 23.7 Å². The lowest BCUT2D eigenvalue weighted by molar-refractivity contribution is -0.143. The van der Waals surface area contributed by atoms with Crippen LogP contribution in [0.25, 0.3) is 0 Å². The first-order valence-electron chi connectivity index (χ1n) is 5.77. The van der Waals surface area contributed by atoms with Crippen LogP contribution < -0.4 is 5.32 Å². The first-order valence-corrected chi connectivity index (χ1v) is 6.15. The lowest BCUT2D eigenvalue weighted by Crippen LogP contribution is -2.43. The van der Waals surface area contributed by atoms with Crippen LogP contribution in [0.5, 0.6) is 0 Å². The van der Waals surface area contributed by atoms with Crippen molar-refractivity contribution in [2.45, 2.75) is 24.8 Å². The van der Waals surface area contributed by atoms with Gasteiger partial charge < -0.3 is 10.1 Å². The molecule has 1 aromatic carbocycles. The van der Waals surface area contributed by atoms with Crippen molar-refractivity contribution >= 4 is 17.6 Å². The van der Waals surface area contributed by atoms with Crippen molar-refractivity contribution in [1.82, 2.24) is 5.32 Å². The molecule has 2 rings (SSSR count). The molecule has 0 aromatic heterocycles. The quantitative estimate of drug-likeness (QED) is 0.823. The van der Waals surface area contributed by atoms with Gasteiger partial charge in [0, 0.05) is 11.6 Å². The number of piperidine rings is 1. The van der Waals surface area contributed by atoms with Crippen LogP contribution in [-0.4, -0.2) is 25.7 Å². The molecule has 1 saturated heterocycles.